The number of nitrogens with zero attached hydrogens (tertiary/aromatic N) is 1. The average Bonchev–Trinajstić information content (AvgIpc) is 2.88. The third-order valence-electron chi connectivity index (χ3n) is 5.75. The molecule has 0 fully saturated rings. The van der Waals surface area contributed by atoms with Crippen LogP contribution >= 0.6 is 46.6 Å². The van der Waals surface area contributed by atoms with Crippen molar-refractivity contribution in [3.05, 3.63) is 105 Å². The zero-order valence-corrected chi connectivity index (χ0v) is 24.0. The fraction of sp³-hybridized carbons (Fsp3) is 0.310. The molecule has 0 aromatic heterocycles. The zero-order chi connectivity index (χ0) is 26.8. The number of halogens is 3. The number of carbonyl (C=O) groups is 2. The molecule has 3 aromatic carbocycles. The number of rotatable bonds is 12. The van der Waals surface area contributed by atoms with Gasteiger partial charge in [-0.3, -0.25) is 9.59 Å². The molecule has 1 atom stereocenters. The summed E-state index contributed by atoms with van der Waals surface area (Å²) in [6.07, 6.45) is 0.375. The Balaban J connectivity index is 1.88. The molecule has 0 saturated heterocycles. The van der Waals surface area contributed by atoms with Crippen molar-refractivity contribution in [3.63, 3.8) is 0 Å². The van der Waals surface area contributed by atoms with Crippen LogP contribution in [0.15, 0.2) is 72.8 Å². The van der Waals surface area contributed by atoms with E-state index in [1.54, 1.807) is 23.1 Å². The van der Waals surface area contributed by atoms with Crippen molar-refractivity contribution < 1.29 is 9.59 Å². The van der Waals surface area contributed by atoms with E-state index < -0.39 is 6.04 Å². The first-order chi connectivity index (χ1) is 17.7. The lowest BCUT2D eigenvalue weighted by Crippen LogP contribution is -2.51. The predicted octanol–water partition coefficient (Wildman–Crippen LogP) is 7.29. The van der Waals surface area contributed by atoms with E-state index in [4.69, 9.17) is 34.8 Å². The highest BCUT2D eigenvalue weighted by Gasteiger charge is 2.31. The first-order valence-electron chi connectivity index (χ1n) is 12.1. The summed E-state index contributed by atoms with van der Waals surface area (Å²) in [4.78, 5) is 28.8. The van der Waals surface area contributed by atoms with Gasteiger partial charge < -0.3 is 10.2 Å². The van der Waals surface area contributed by atoms with Gasteiger partial charge in [-0.05, 0) is 41.3 Å². The standard InChI is InChI=1S/C29H31Cl3N2O2S/c1-20(2)16-33-29(36)27(15-21-7-4-3-5-8-21)34(17-24-25(31)9-6-10-26(24)32)28(35)19-37-18-22-11-13-23(30)14-12-22/h3-14,20,27H,15-19H2,1-2H3,(H,33,36). The average molecular weight is 578 g/mol. The molecule has 8 heteroatoms. The highest BCUT2D eigenvalue weighted by atomic mass is 35.5. The summed E-state index contributed by atoms with van der Waals surface area (Å²) in [6.45, 7) is 4.72. The number of hydrogen-bond donors (Lipinski definition) is 1. The van der Waals surface area contributed by atoms with Gasteiger partial charge in [-0.2, -0.15) is 0 Å². The fourth-order valence-electron chi connectivity index (χ4n) is 3.75. The van der Waals surface area contributed by atoms with E-state index in [1.807, 2.05) is 68.4 Å². The van der Waals surface area contributed by atoms with Crippen LogP contribution < -0.4 is 5.32 Å². The van der Waals surface area contributed by atoms with Crippen LogP contribution in [0.3, 0.4) is 0 Å². The maximum absolute atomic E-state index is 13.7. The Morgan fingerprint density at radius 2 is 1.51 bits per heavy atom. The number of thioether (sulfide) groups is 1. The van der Waals surface area contributed by atoms with Crippen LogP contribution in [0.2, 0.25) is 15.1 Å². The predicted molar refractivity (Wildman–Crippen MR) is 156 cm³/mol. The minimum atomic E-state index is -0.725. The SMILES string of the molecule is CC(C)CNC(=O)C(Cc1ccccc1)N(Cc1c(Cl)cccc1Cl)C(=O)CSCc1ccc(Cl)cc1. The van der Waals surface area contributed by atoms with E-state index in [-0.39, 0.29) is 30.0 Å². The molecule has 37 heavy (non-hydrogen) atoms. The lowest BCUT2D eigenvalue weighted by atomic mass is 10.0. The second-order valence-electron chi connectivity index (χ2n) is 9.19. The Morgan fingerprint density at radius 3 is 2.14 bits per heavy atom. The van der Waals surface area contributed by atoms with Crippen molar-refractivity contribution in [2.45, 2.75) is 38.6 Å². The first kappa shape index (κ1) is 29.4. The topological polar surface area (TPSA) is 49.4 Å². The molecule has 0 spiro atoms. The van der Waals surface area contributed by atoms with Crippen LogP contribution in [-0.2, 0) is 28.3 Å². The molecule has 2 amide bonds. The molecular weight excluding hydrogens is 547 g/mol. The van der Waals surface area contributed by atoms with Crippen LogP contribution in [-0.4, -0.2) is 35.1 Å². The van der Waals surface area contributed by atoms with E-state index >= 15 is 0 Å². The summed E-state index contributed by atoms with van der Waals surface area (Å²) >= 11 is 20.4. The lowest BCUT2D eigenvalue weighted by molar-refractivity contribution is -0.139. The van der Waals surface area contributed by atoms with Gasteiger partial charge in [0.15, 0.2) is 0 Å². The van der Waals surface area contributed by atoms with Crippen LogP contribution in [0.4, 0.5) is 0 Å². The van der Waals surface area contributed by atoms with Crippen molar-refractivity contribution in [1.82, 2.24) is 10.2 Å². The number of nitrogens with one attached hydrogen (secondary N) is 1. The number of carbonyl (C=O) groups excluding carboxylic acids is 2. The molecule has 3 aromatic rings. The molecule has 1 N–H and O–H groups in total. The Bertz CT molecular complexity index is 1150. The zero-order valence-electron chi connectivity index (χ0n) is 20.9. The molecule has 4 nitrogen and oxygen atoms in total. The minimum Gasteiger partial charge on any atom is -0.354 e. The van der Waals surface area contributed by atoms with Gasteiger partial charge in [0.2, 0.25) is 11.8 Å². The fourth-order valence-corrected chi connectivity index (χ4v) is 5.26. The van der Waals surface area contributed by atoms with E-state index in [2.05, 4.69) is 5.32 Å². The largest absolute Gasteiger partial charge is 0.354 e. The van der Waals surface area contributed by atoms with E-state index in [0.29, 0.717) is 39.3 Å². The van der Waals surface area contributed by atoms with Crippen molar-refractivity contribution >= 4 is 58.4 Å². The van der Waals surface area contributed by atoms with Crippen LogP contribution in [0.1, 0.15) is 30.5 Å². The third-order valence-corrected chi connectivity index (χ3v) is 7.70. The quantitative estimate of drug-likeness (QED) is 0.246. The summed E-state index contributed by atoms with van der Waals surface area (Å²) < 4.78 is 0. The van der Waals surface area contributed by atoms with Gasteiger partial charge in [0.05, 0.1) is 5.75 Å². The number of hydrogen-bond acceptors (Lipinski definition) is 3. The molecule has 0 aliphatic heterocycles. The lowest BCUT2D eigenvalue weighted by Gasteiger charge is -2.32. The van der Waals surface area contributed by atoms with E-state index in [1.165, 1.54) is 11.8 Å². The first-order valence-corrected chi connectivity index (χ1v) is 14.4. The van der Waals surface area contributed by atoms with E-state index in [9.17, 15) is 9.59 Å². The molecule has 0 aliphatic carbocycles. The Morgan fingerprint density at radius 1 is 0.865 bits per heavy atom. The van der Waals surface area contributed by atoms with Crippen molar-refractivity contribution in [3.8, 4) is 0 Å². The number of amides is 2. The molecule has 0 aliphatic rings. The monoisotopic (exact) mass is 576 g/mol. The van der Waals surface area contributed by atoms with Gasteiger partial charge in [0, 0.05) is 45.9 Å². The van der Waals surface area contributed by atoms with Crippen molar-refractivity contribution in [2.24, 2.45) is 5.92 Å². The van der Waals surface area contributed by atoms with Crippen LogP contribution in [0, 0.1) is 5.92 Å². The molecule has 0 heterocycles. The Kier molecular flexibility index (Phi) is 11.7. The summed E-state index contributed by atoms with van der Waals surface area (Å²) in [5, 5.41) is 4.61. The molecule has 0 bridgehead atoms. The van der Waals surface area contributed by atoms with Gasteiger partial charge in [-0.1, -0.05) is 97.2 Å². The minimum absolute atomic E-state index is 0.130. The Labute approximate surface area is 238 Å². The van der Waals surface area contributed by atoms with Gasteiger partial charge in [0.1, 0.15) is 6.04 Å². The maximum atomic E-state index is 13.7. The van der Waals surface area contributed by atoms with Gasteiger partial charge >= 0.3 is 0 Å². The molecule has 3 rings (SSSR count). The van der Waals surface area contributed by atoms with Crippen molar-refractivity contribution in [1.29, 1.82) is 0 Å². The van der Waals surface area contributed by atoms with Gasteiger partial charge in [-0.15, -0.1) is 11.8 Å². The summed E-state index contributed by atoms with van der Waals surface area (Å²) in [5.41, 5.74) is 2.65. The molecule has 0 saturated carbocycles. The van der Waals surface area contributed by atoms with Crippen LogP contribution in [0.25, 0.3) is 0 Å². The summed E-state index contributed by atoms with van der Waals surface area (Å²) in [6, 6.07) is 21.8. The molecule has 1 unspecified atom stereocenters. The molecule has 196 valence electrons. The second-order valence-corrected chi connectivity index (χ2v) is 11.4. The maximum Gasteiger partial charge on any atom is 0.243 e. The smallest absolute Gasteiger partial charge is 0.243 e. The van der Waals surface area contributed by atoms with E-state index in [0.717, 1.165) is 11.1 Å². The third kappa shape index (κ3) is 9.26. The van der Waals surface area contributed by atoms with Crippen molar-refractivity contribution in [2.75, 3.05) is 12.3 Å². The van der Waals surface area contributed by atoms with Crippen LogP contribution in [0.5, 0.6) is 0 Å². The highest BCUT2D eigenvalue weighted by Crippen LogP contribution is 2.28. The molecular formula is C29H31Cl3N2O2S. The van der Waals surface area contributed by atoms with Gasteiger partial charge in [0.25, 0.3) is 0 Å². The number of benzene rings is 3. The summed E-state index contributed by atoms with van der Waals surface area (Å²) in [5.74, 6) is 0.769. The summed E-state index contributed by atoms with van der Waals surface area (Å²) in [7, 11) is 0. The molecule has 0 radical (unpaired) electrons. The highest BCUT2D eigenvalue weighted by molar-refractivity contribution is 7.99. The van der Waals surface area contributed by atoms with Gasteiger partial charge in [-0.25, -0.2) is 0 Å². The normalized spacial score (nSPS) is 11.8. The Hall–Kier alpha value is -2.18. The second kappa shape index (κ2) is 14.7.